The van der Waals surface area contributed by atoms with E-state index in [2.05, 4.69) is 10.3 Å². The lowest BCUT2D eigenvalue weighted by molar-refractivity contribution is 0.102. The third-order valence-electron chi connectivity index (χ3n) is 2.92. The van der Waals surface area contributed by atoms with Crippen LogP contribution in [0.5, 0.6) is 5.75 Å². The second-order valence-electron chi connectivity index (χ2n) is 4.22. The number of benzene rings is 2. The van der Waals surface area contributed by atoms with Gasteiger partial charge in [-0.15, -0.1) is 11.3 Å². The highest BCUT2D eigenvalue weighted by Gasteiger charge is 2.08. The van der Waals surface area contributed by atoms with Gasteiger partial charge in [-0.3, -0.25) is 4.79 Å². The van der Waals surface area contributed by atoms with Crippen molar-refractivity contribution in [1.29, 1.82) is 0 Å². The number of methoxy groups -OCH3 is 1. The summed E-state index contributed by atoms with van der Waals surface area (Å²) in [5.74, 6) is 0.564. The monoisotopic (exact) mass is 284 g/mol. The molecule has 0 aliphatic heterocycles. The van der Waals surface area contributed by atoms with E-state index in [0.29, 0.717) is 17.0 Å². The Bertz CT molecular complexity index is 767. The van der Waals surface area contributed by atoms with E-state index in [1.165, 1.54) is 11.3 Å². The smallest absolute Gasteiger partial charge is 0.255 e. The molecule has 0 atom stereocenters. The molecule has 2 aromatic carbocycles. The number of anilines is 1. The molecule has 0 saturated heterocycles. The Morgan fingerprint density at radius 3 is 3.00 bits per heavy atom. The van der Waals surface area contributed by atoms with Crippen molar-refractivity contribution < 1.29 is 9.53 Å². The molecule has 3 rings (SSSR count). The van der Waals surface area contributed by atoms with E-state index >= 15 is 0 Å². The zero-order valence-electron chi connectivity index (χ0n) is 10.8. The van der Waals surface area contributed by atoms with Gasteiger partial charge in [-0.25, -0.2) is 4.98 Å². The van der Waals surface area contributed by atoms with Crippen molar-refractivity contribution in [3.8, 4) is 5.75 Å². The molecule has 1 aromatic heterocycles. The molecule has 3 aromatic rings. The summed E-state index contributed by atoms with van der Waals surface area (Å²) >= 11 is 1.52. The fraction of sp³-hybridized carbons (Fsp3) is 0.0667. The summed E-state index contributed by atoms with van der Waals surface area (Å²) in [6.45, 7) is 0. The summed E-state index contributed by atoms with van der Waals surface area (Å²) in [6.07, 6.45) is 0. The number of thiazole rings is 1. The highest BCUT2D eigenvalue weighted by molar-refractivity contribution is 7.16. The van der Waals surface area contributed by atoms with E-state index in [0.717, 1.165) is 10.2 Å². The van der Waals surface area contributed by atoms with Crippen LogP contribution >= 0.6 is 11.3 Å². The molecular weight excluding hydrogens is 272 g/mol. The normalized spacial score (nSPS) is 10.4. The number of nitrogens with zero attached hydrogens (tertiary/aromatic N) is 1. The minimum atomic E-state index is -0.145. The van der Waals surface area contributed by atoms with Crippen LogP contribution in [0.1, 0.15) is 10.4 Å². The lowest BCUT2D eigenvalue weighted by atomic mass is 10.2. The van der Waals surface area contributed by atoms with Crippen molar-refractivity contribution in [3.63, 3.8) is 0 Å². The first-order valence-corrected chi connectivity index (χ1v) is 6.93. The van der Waals surface area contributed by atoms with Gasteiger partial charge in [0.25, 0.3) is 5.91 Å². The topological polar surface area (TPSA) is 51.2 Å². The van der Waals surface area contributed by atoms with Crippen LogP contribution in [-0.2, 0) is 0 Å². The number of aromatic nitrogens is 1. The highest BCUT2D eigenvalue weighted by Crippen LogP contribution is 2.21. The molecule has 1 heterocycles. The average Bonchev–Trinajstić information content (AvgIpc) is 2.94. The maximum absolute atomic E-state index is 12.2. The van der Waals surface area contributed by atoms with Crippen LogP contribution in [0.15, 0.2) is 48.0 Å². The molecular formula is C15H12N2O2S. The van der Waals surface area contributed by atoms with Gasteiger partial charge in [0.15, 0.2) is 0 Å². The molecule has 0 spiro atoms. The summed E-state index contributed by atoms with van der Waals surface area (Å²) in [5, 5.41) is 2.86. The Kier molecular flexibility index (Phi) is 3.35. The number of fused-ring (bicyclic) bond motifs is 1. The lowest BCUT2D eigenvalue weighted by Gasteiger charge is -2.07. The molecule has 0 fully saturated rings. The number of rotatable bonds is 3. The van der Waals surface area contributed by atoms with Crippen LogP contribution < -0.4 is 10.1 Å². The van der Waals surface area contributed by atoms with Crippen molar-refractivity contribution in [2.75, 3.05) is 12.4 Å². The van der Waals surface area contributed by atoms with E-state index in [4.69, 9.17) is 4.74 Å². The van der Waals surface area contributed by atoms with Gasteiger partial charge < -0.3 is 10.1 Å². The average molecular weight is 284 g/mol. The second-order valence-corrected chi connectivity index (χ2v) is 5.11. The number of carbonyl (C=O) groups is 1. The van der Waals surface area contributed by atoms with Crippen LogP contribution in [0, 0.1) is 0 Å². The minimum Gasteiger partial charge on any atom is -0.497 e. The number of amides is 1. The van der Waals surface area contributed by atoms with Crippen LogP contribution in [0.4, 0.5) is 5.69 Å². The molecule has 0 saturated carbocycles. The molecule has 20 heavy (non-hydrogen) atoms. The quantitative estimate of drug-likeness (QED) is 0.800. The van der Waals surface area contributed by atoms with Gasteiger partial charge >= 0.3 is 0 Å². The van der Waals surface area contributed by atoms with Gasteiger partial charge in [-0.2, -0.15) is 0 Å². The van der Waals surface area contributed by atoms with E-state index in [1.807, 2.05) is 30.3 Å². The largest absolute Gasteiger partial charge is 0.497 e. The zero-order chi connectivity index (χ0) is 13.9. The first-order valence-electron chi connectivity index (χ1n) is 6.05. The van der Waals surface area contributed by atoms with Crippen molar-refractivity contribution in [1.82, 2.24) is 4.98 Å². The fourth-order valence-corrected chi connectivity index (χ4v) is 2.62. The molecule has 0 bridgehead atoms. The SMILES string of the molecule is COc1cccc(NC(=O)c2ccc3ncsc3c2)c1. The number of hydrogen-bond donors (Lipinski definition) is 1. The van der Waals surface area contributed by atoms with Crippen LogP contribution in [0.3, 0.4) is 0 Å². The Hall–Kier alpha value is -2.40. The summed E-state index contributed by atoms with van der Waals surface area (Å²) in [6, 6.07) is 12.8. The molecule has 0 radical (unpaired) electrons. The molecule has 0 aliphatic rings. The molecule has 4 nitrogen and oxygen atoms in total. The summed E-state index contributed by atoms with van der Waals surface area (Å²) in [7, 11) is 1.60. The third kappa shape index (κ3) is 2.48. The Morgan fingerprint density at radius 2 is 2.15 bits per heavy atom. The molecule has 100 valence electrons. The van der Waals surface area contributed by atoms with Crippen molar-refractivity contribution >= 4 is 33.1 Å². The van der Waals surface area contributed by atoms with Crippen molar-refractivity contribution in [3.05, 3.63) is 53.5 Å². The Labute approximate surface area is 120 Å². The summed E-state index contributed by atoms with van der Waals surface area (Å²) < 4.78 is 6.13. The van der Waals surface area contributed by atoms with Gasteiger partial charge in [0.2, 0.25) is 0 Å². The van der Waals surface area contributed by atoms with Crippen molar-refractivity contribution in [2.24, 2.45) is 0 Å². The number of carbonyl (C=O) groups excluding carboxylic acids is 1. The predicted molar refractivity (Wildman–Crippen MR) is 80.6 cm³/mol. The lowest BCUT2D eigenvalue weighted by Crippen LogP contribution is -2.11. The maximum Gasteiger partial charge on any atom is 0.255 e. The number of hydrogen-bond acceptors (Lipinski definition) is 4. The molecule has 1 amide bonds. The van der Waals surface area contributed by atoms with Crippen molar-refractivity contribution in [2.45, 2.75) is 0 Å². The number of nitrogens with one attached hydrogen (secondary N) is 1. The van der Waals surface area contributed by atoms with E-state index in [9.17, 15) is 4.79 Å². The Morgan fingerprint density at radius 1 is 1.25 bits per heavy atom. The first-order chi connectivity index (χ1) is 9.76. The van der Waals surface area contributed by atoms with E-state index in [1.54, 1.807) is 24.8 Å². The molecule has 0 unspecified atom stereocenters. The minimum absolute atomic E-state index is 0.145. The predicted octanol–water partition coefficient (Wildman–Crippen LogP) is 3.56. The van der Waals surface area contributed by atoms with Gasteiger partial charge in [0.1, 0.15) is 5.75 Å². The molecule has 5 heteroatoms. The number of ether oxygens (including phenoxy) is 1. The van der Waals surface area contributed by atoms with Crippen LogP contribution in [0.2, 0.25) is 0 Å². The van der Waals surface area contributed by atoms with Gasteiger partial charge in [0.05, 0.1) is 22.8 Å². The summed E-state index contributed by atoms with van der Waals surface area (Å²) in [4.78, 5) is 16.4. The van der Waals surface area contributed by atoms with Gasteiger partial charge in [0, 0.05) is 17.3 Å². The van der Waals surface area contributed by atoms with Gasteiger partial charge in [-0.05, 0) is 30.3 Å². The standard InChI is InChI=1S/C15H12N2O2S/c1-19-12-4-2-3-11(8-12)17-15(18)10-5-6-13-14(7-10)20-9-16-13/h2-9H,1H3,(H,17,18). The fourth-order valence-electron chi connectivity index (χ4n) is 1.90. The third-order valence-corrected chi connectivity index (χ3v) is 3.71. The summed E-state index contributed by atoms with van der Waals surface area (Å²) in [5.41, 5.74) is 4.00. The molecule has 1 N–H and O–H groups in total. The molecule has 0 aliphatic carbocycles. The van der Waals surface area contributed by atoms with Gasteiger partial charge in [-0.1, -0.05) is 6.07 Å². The van der Waals surface area contributed by atoms with Crippen LogP contribution in [-0.4, -0.2) is 18.0 Å². The maximum atomic E-state index is 12.2. The first kappa shape index (κ1) is 12.6. The van der Waals surface area contributed by atoms with E-state index in [-0.39, 0.29) is 5.91 Å². The zero-order valence-corrected chi connectivity index (χ0v) is 11.6. The van der Waals surface area contributed by atoms with E-state index < -0.39 is 0 Å². The Balaban J connectivity index is 1.84. The second kappa shape index (κ2) is 5.30. The highest BCUT2D eigenvalue weighted by atomic mass is 32.1. The van der Waals surface area contributed by atoms with Crippen LogP contribution in [0.25, 0.3) is 10.2 Å².